The van der Waals surface area contributed by atoms with Crippen LogP contribution in [0.15, 0.2) is 75.0 Å². The van der Waals surface area contributed by atoms with Crippen molar-refractivity contribution in [1.82, 2.24) is 4.90 Å². The quantitative estimate of drug-likeness (QED) is 0.215. The Kier molecular flexibility index (Phi) is 7.12. The van der Waals surface area contributed by atoms with Crippen molar-refractivity contribution in [3.05, 3.63) is 81.4 Å². The Balaban J connectivity index is 1.61. The van der Waals surface area contributed by atoms with Gasteiger partial charge in [0.05, 0.1) is 27.7 Å². The zero-order valence-electron chi connectivity index (χ0n) is 18.8. The highest BCUT2D eigenvalue weighted by atomic mass is 32.2. The average Bonchev–Trinajstić information content (AvgIpc) is 3.41. The fourth-order valence-corrected chi connectivity index (χ4v) is 4.46. The summed E-state index contributed by atoms with van der Waals surface area (Å²) in [5.74, 6) is 1.41. The number of nitro benzene ring substituents is 1. The first-order valence-corrected chi connectivity index (χ1v) is 11.7. The number of aliphatic imine (C=N–C) groups is 1. The fraction of sp³-hybridized carbons (Fsp3) is 0.200. The summed E-state index contributed by atoms with van der Waals surface area (Å²) in [6.45, 7) is 5.05. The number of ether oxygens (including phenoxy) is 1. The van der Waals surface area contributed by atoms with Crippen LogP contribution in [-0.2, 0) is 4.79 Å². The molecule has 1 aliphatic heterocycles. The summed E-state index contributed by atoms with van der Waals surface area (Å²) in [4.78, 5) is 30.7. The van der Waals surface area contributed by atoms with Crippen molar-refractivity contribution in [1.29, 1.82) is 0 Å². The van der Waals surface area contributed by atoms with Crippen LogP contribution in [0.3, 0.4) is 0 Å². The monoisotopic (exact) mass is 477 g/mol. The minimum Gasteiger partial charge on any atom is -0.494 e. The second-order valence-electron chi connectivity index (χ2n) is 7.37. The highest BCUT2D eigenvalue weighted by Gasteiger charge is 2.33. The molecule has 34 heavy (non-hydrogen) atoms. The predicted molar refractivity (Wildman–Crippen MR) is 133 cm³/mol. The summed E-state index contributed by atoms with van der Waals surface area (Å²) in [6.07, 6.45) is 2.43. The van der Waals surface area contributed by atoms with E-state index in [0.29, 0.717) is 40.3 Å². The van der Waals surface area contributed by atoms with Crippen LogP contribution in [0.25, 0.3) is 17.4 Å². The number of thioether (sulfide) groups is 1. The largest absolute Gasteiger partial charge is 0.494 e. The zero-order chi connectivity index (χ0) is 24.1. The number of carbonyl (C=O) groups excluding carboxylic acids is 1. The number of hydrogen-bond donors (Lipinski definition) is 0. The Bertz CT molecular complexity index is 1260. The number of nitro groups is 1. The van der Waals surface area contributed by atoms with E-state index in [4.69, 9.17) is 9.15 Å². The molecule has 8 nitrogen and oxygen atoms in total. The molecule has 1 fully saturated rings. The van der Waals surface area contributed by atoms with Crippen LogP contribution in [0, 0.1) is 10.1 Å². The smallest absolute Gasteiger partial charge is 0.280 e. The van der Waals surface area contributed by atoms with Gasteiger partial charge in [-0.2, -0.15) is 0 Å². The fourth-order valence-electron chi connectivity index (χ4n) is 3.45. The summed E-state index contributed by atoms with van der Waals surface area (Å²) in [5.41, 5.74) is 1.06. The first kappa shape index (κ1) is 23.3. The first-order chi connectivity index (χ1) is 16.5. The van der Waals surface area contributed by atoms with E-state index in [-0.39, 0.29) is 11.6 Å². The molecule has 2 heterocycles. The highest BCUT2D eigenvalue weighted by Crippen LogP contribution is 2.36. The molecule has 0 spiro atoms. The maximum absolute atomic E-state index is 13.1. The van der Waals surface area contributed by atoms with Gasteiger partial charge < -0.3 is 9.15 Å². The number of benzene rings is 2. The van der Waals surface area contributed by atoms with Crippen LogP contribution >= 0.6 is 11.8 Å². The highest BCUT2D eigenvalue weighted by molar-refractivity contribution is 8.18. The summed E-state index contributed by atoms with van der Waals surface area (Å²) < 4.78 is 11.3. The van der Waals surface area contributed by atoms with Gasteiger partial charge in [0.1, 0.15) is 17.3 Å². The number of para-hydroxylation sites is 1. The van der Waals surface area contributed by atoms with Gasteiger partial charge in [-0.25, -0.2) is 4.99 Å². The molecule has 4 rings (SSSR count). The maximum atomic E-state index is 13.1. The molecule has 0 atom stereocenters. The SMILES string of the molecule is CCCN1C(=O)C(=Cc2ccc(-c3ccccc3[N+](=O)[O-])o2)SC1=Nc1ccc(OCC)cc1. The maximum Gasteiger partial charge on any atom is 0.280 e. The molecule has 0 unspecified atom stereocenters. The summed E-state index contributed by atoms with van der Waals surface area (Å²) in [6, 6.07) is 17.1. The van der Waals surface area contributed by atoms with Crippen LogP contribution < -0.4 is 4.74 Å². The number of rotatable bonds is 8. The second-order valence-corrected chi connectivity index (χ2v) is 8.37. The van der Waals surface area contributed by atoms with Gasteiger partial charge in [0.2, 0.25) is 0 Å². The molecule has 9 heteroatoms. The first-order valence-electron chi connectivity index (χ1n) is 10.9. The number of nitrogens with zero attached hydrogens (tertiary/aromatic N) is 3. The van der Waals surface area contributed by atoms with Gasteiger partial charge >= 0.3 is 0 Å². The third-order valence-corrected chi connectivity index (χ3v) is 5.98. The van der Waals surface area contributed by atoms with E-state index in [1.54, 1.807) is 41.3 Å². The summed E-state index contributed by atoms with van der Waals surface area (Å²) in [5, 5.41) is 11.9. The van der Waals surface area contributed by atoms with E-state index in [1.165, 1.54) is 17.8 Å². The van der Waals surface area contributed by atoms with Crippen molar-refractivity contribution >= 4 is 40.3 Å². The molecular weight excluding hydrogens is 454 g/mol. The molecule has 3 aromatic rings. The molecular formula is C25H23N3O5S. The van der Waals surface area contributed by atoms with E-state index in [1.807, 2.05) is 38.1 Å². The lowest BCUT2D eigenvalue weighted by Crippen LogP contribution is -2.29. The van der Waals surface area contributed by atoms with Crippen molar-refractivity contribution in [3.63, 3.8) is 0 Å². The third kappa shape index (κ3) is 5.04. The third-order valence-electron chi connectivity index (χ3n) is 4.97. The van der Waals surface area contributed by atoms with E-state index in [9.17, 15) is 14.9 Å². The van der Waals surface area contributed by atoms with Crippen molar-refractivity contribution in [2.24, 2.45) is 4.99 Å². The Morgan fingerprint density at radius 3 is 2.59 bits per heavy atom. The number of amides is 1. The van der Waals surface area contributed by atoms with E-state index < -0.39 is 4.92 Å². The van der Waals surface area contributed by atoms with E-state index in [2.05, 4.69) is 4.99 Å². The average molecular weight is 478 g/mol. The Labute approximate surface area is 201 Å². The van der Waals surface area contributed by atoms with Gasteiger partial charge in [0, 0.05) is 18.7 Å². The Morgan fingerprint density at radius 1 is 1.12 bits per heavy atom. The van der Waals surface area contributed by atoms with Gasteiger partial charge in [0.25, 0.3) is 11.6 Å². The van der Waals surface area contributed by atoms with Crippen molar-refractivity contribution in [2.75, 3.05) is 13.2 Å². The standard InChI is InChI=1S/C25H23N3O5S/c1-3-15-27-24(29)23(34-25(27)26-17-9-11-18(12-10-17)32-4-2)16-19-13-14-22(33-19)20-7-5-6-8-21(20)28(30)31/h5-14,16H,3-4,15H2,1-2H3. The molecule has 2 aromatic carbocycles. The van der Waals surface area contributed by atoms with Crippen LogP contribution in [-0.4, -0.2) is 34.0 Å². The van der Waals surface area contributed by atoms with Crippen molar-refractivity contribution < 1.29 is 18.9 Å². The molecule has 0 N–H and O–H groups in total. The van der Waals surface area contributed by atoms with E-state index in [0.717, 1.165) is 17.9 Å². The Hall–Kier alpha value is -3.85. The van der Waals surface area contributed by atoms with Crippen molar-refractivity contribution in [3.8, 4) is 17.1 Å². The minimum absolute atomic E-state index is 0.0405. The molecule has 0 saturated carbocycles. The summed E-state index contributed by atoms with van der Waals surface area (Å²) in [7, 11) is 0. The zero-order valence-corrected chi connectivity index (χ0v) is 19.6. The van der Waals surface area contributed by atoms with Gasteiger partial charge in [-0.1, -0.05) is 19.1 Å². The van der Waals surface area contributed by atoms with Crippen LogP contribution in [0.5, 0.6) is 5.75 Å². The van der Waals surface area contributed by atoms with Gasteiger partial charge in [0.15, 0.2) is 5.17 Å². The molecule has 1 amide bonds. The number of furan rings is 1. The Morgan fingerprint density at radius 2 is 1.88 bits per heavy atom. The normalized spacial score (nSPS) is 15.9. The molecule has 1 aromatic heterocycles. The predicted octanol–water partition coefficient (Wildman–Crippen LogP) is 6.27. The molecule has 1 aliphatic rings. The lowest BCUT2D eigenvalue weighted by molar-refractivity contribution is -0.384. The van der Waals surface area contributed by atoms with E-state index >= 15 is 0 Å². The lowest BCUT2D eigenvalue weighted by Gasteiger charge is -2.14. The summed E-state index contributed by atoms with van der Waals surface area (Å²) >= 11 is 1.27. The van der Waals surface area contributed by atoms with Gasteiger partial charge in [-0.05, 0) is 67.6 Å². The second kappa shape index (κ2) is 10.4. The van der Waals surface area contributed by atoms with Crippen LogP contribution in [0.1, 0.15) is 26.0 Å². The van der Waals surface area contributed by atoms with Gasteiger partial charge in [-0.15, -0.1) is 0 Å². The molecule has 0 aliphatic carbocycles. The number of carbonyl (C=O) groups is 1. The molecule has 0 bridgehead atoms. The molecule has 0 radical (unpaired) electrons. The minimum atomic E-state index is -0.446. The number of amidine groups is 1. The molecule has 1 saturated heterocycles. The topological polar surface area (TPSA) is 98.2 Å². The van der Waals surface area contributed by atoms with Crippen LogP contribution in [0.4, 0.5) is 11.4 Å². The lowest BCUT2D eigenvalue weighted by atomic mass is 10.1. The van der Waals surface area contributed by atoms with Crippen LogP contribution in [0.2, 0.25) is 0 Å². The molecule has 174 valence electrons. The number of hydrogen-bond acceptors (Lipinski definition) is 7. The van der Waals surface area contributed by atoms with Gasteiger partial charge in [-0.3, -0.25) is 19.8 Å². The van der Waals surface area contributed by atoms with Crippen molar-refractivity contribution in [2.45, 2.75) is 20.3 Å².